The minimum absolute atomic E-state index is 0. The molecule has 0 aliphatic carbocycles. The van der Waals surface area contributed by atoms with Crippen LogP contribution in [0.3, 0.4) is 0 Å². The molecule has 5 nitrogen and oxygen atoms in total. The Morgan fingerprint density at radius 2 is 1.60 bits per heavy atom. The topological polar surface area (TPSA) is 62.2 Å². The molecule has 1 heterocycles. The molecule has 0 unspecified atom stereocenters. The highest BCUT2D eigenvalue weighted by atomic mass is 16.5. The standard InChI is InChI=1S/C5H11NO.C4H10O3.CH4/c1-6-2-4-7-5-3-6;5-1-3-7-4-2-6;/h2-5H2,1H3;5-6H,1-4H2;1H4. The Morgan fingerprint density at radius 1 is 1.13 bits per heavy atom. The van der Waals surface area contributed by atoms with Gasteiger partial charge in [-0.2, -0.15) is 0 Å². The first-order valence-electron chi connectivity index (χ1n) is 4.87. The molecule has 0 spiro atoms. The summed E-state index contributed by atoms with van der Waals surface area (Å²) < 4.78 is 9.73. The predicted octanol–water partition coefficient (Wildman–Crippen LogP) is -0.428. The lowest BCUT2D eigenvalue weighted by atomic mass is 10.5. The summed E-state index contributed by atoms with van der Waals surface area (Å²) in [6, 6.07) is 0. The third-order valence-corrected chi connectivity index (χ3v) is 1.71. The molecule has 0 aromatic rings. The average molecular weight is 223 g/mol. The van der Waals surface area contributed by atoms with Crippen LogP contribution in [0.1, 0.15) is 7.43 Å². The molecule has 1 aliphatic heterocycles. The van der Waals surface area contributed by atoms with Gasteiger partial charge in [-0.05, 0) is 7.05 Å². The quantitative estimate of drug-likeness (QED) is 0.633. The van der Waals surface area contributed by atoms with Gasteiger partial charge in [-0.25, -0.2) is 0 Å². The van der Waals surface area contributed by atoms with Gasteiger partial charge in [0.15, 0.2) is 0 Å². The van der Waals surface area contributed by atoms with Gasteiger partial charge < -0.3 is 24.6 Å². The highest BCUT2D eigenvalue weighted by molar-refractivity contribution is 4.53. The van der Waals surface area contributed by atoms with E-state index in [0.717, 1.165) is 26.3 Å². The van der Waals surface area contributed by atoms with Gasteiger partial charge in [-0.1, -0.05) is 7.43 Å². The maximum atomic E-state index is 8.09. The van der Waals surface area contributed by atoms with Crippen LogP contribution >= 0.6 is 0 Å². The zero-order valence-electron chi connectivity index (χ0n) is 8.81. The first kappa shape index (κ1) is 17.2. The van der Waals surface area contributed by atoms with Crippen molar-refractivity contribution in [3.63, 3.8) is 0 Å². The van der Waals surface area contributed by atoms with Crippen molar-refractivity contribution in [1.29, 1.82) is 0 Å². The van der Waals surface area contributed by atoms with Crippen LogP contribution in [-0.2, 0) is 9.47 Å². The molecule has 5 heteroatoms. The number of morpholine rings is 1. The molecule has 15 heavy (non-hydrogen) atoms. The number of hydrogen-bond donors (Lipinski definition) is 2. The predicted molar refractivity (Wildman–Crippen MR) is 60.0 cm³/mol. The Balaban J connectivity index is 0. The summed E-state index contributed by atoms with van der Waals surface area (Å²) in [6.45, 7) is 4.72. The van der Waals surface area contributed by atoms with E-state index in [1.54, 1.807) is 0 Å². The van der Waals surface area contributed by atoms with E-state index in [0.29, 0.717) is 13.2 Å². The van der Waals surface area contributed by atoms with Crippen molar-refractivity contribution in [2.24, 2.45) is 0 Å². The highest BCUT2D eigenvalue weighted by Crippen LogP contribution is 1.89. The van der Waals surface area contributed by atoms with E-state index in [9.17, 15) is 0 Å². The van der Waals surface area contributed by atoms with E-state index >= 15 is 0 Å². The zero-order valence-corrected chi connectivity index (χ0v) is 8.81. The second kappa shape index (κ2) is 13.8. The van der Waals surface area contributed by atoms with Crippen LogP contribution in [0.15, 0.2) is 0 Å². The molecule has 0 atom stereocenters. The van der Waals surface area contributed by atoms with Crippen LogP contribution in [0, 0.1) is 0 Å². The number of nitrogens with zero attached hydrogens (tertiary/aromatic N) is 1. The Kier molecular flexibility index (Phi) is 15.8. The number of aliphatic hydroxyl groups is 2. The van der Waals surface area contributed by atoms with Crippen LogP contribution in [0.2, 0.25) is 0 Å². The molecular formula is C10H25NO4. The Hall–Kier alpha value is -0.200. The third kappa shape index (κ3) is 13.8. The smallest absolute Gasteiger partial charge is 0.0698 e. The normalized spacial score (nSPS) is 16.2. The Bertz CT molecular complexity index is 104. The van der Waals surface area contributed by atoms with E-state index in [-0.39, 0.29) is 20.6 Å². The third-order valence-electron chi connectivity index (χ3n) is 1.71. The van der Waals surface area contributed by atoms with Crippen LogP contribution < -0.4 is 0 Å². The van der Waals surface area contributed by atoms with Crippen molar-refractivity contribution in [1.82, 2.24) is 4.90 Å². The van der Waals surface area contributed by atoms with Gasteiger partial charge in [0.05, 0.1) is 39.6 Å². The van der Waals surface area contributed by atoms with Gasteiger partial charge in [0.25, 0.3) is 0 Å². The lowest BCUT2D eigenvalue weighted by Crippen LogP contribution is -2.32. The fraction of sp³-hybridized carbons (Fsp3) is 1.00. The molecule has 1 aliphatic rings. The van der Waals surface area contributed by atoms with Gasteiger partial charge in [0.1, 0.15) is 0 Å². The summed E-state index contributed by atoms with van der Waals surface area (Å²) in [7, 11) is 2.11. The second-order valence-corrected chi connectivity index (χ2v) is 2.98. The fourth-order valence-corrected chi connectivity index (χ4v) is 0.886. The number of ether oxygens (including phenoxy) is 2. The molecule has 0 aromatic carbocycles. The maximum Gasteiger partial charge on any atom is 0.0698 e. The highest BCUT2D eigenvalue weighted by Gasteiger charge is 2.02. The lowest BCUT2D eigenvalue weighted by molar-refractivity contribution is 0.0503. The van der Waals surface area contributed by atoms with E-state index in [2.05, 4.69) is 16.7 Å². The summed E-state index contributed by atoms with van der Waals surface area (Å²) in [6.07, 6.45) is 0. The summed E-state index contributed by atoms with van der Waals surface area (Å²) in [4.78, 5) is 2.27. The average Bonchev–Trinajstić information content (AvgIpc) is 2.21. The molecule has 1 rings (SSSR count). The van der Waals surface area contributed by atoms with E-state index in [1.165, 1.54) is 0 Å². The van der Waals surface area contributed by atoms with E-state index in [1.807, 2.05) is 0 Å². The monoisotopic (exact) mass is 223 g/mol. The molecular weight excluding hydrogens is 198 g/mol. The van der Waals surface area contributed by atoms with Crippen molar-refractivity contribution >= 4 is 0 Å². The second-order valence-electron chi connectivity index (χ2n) is 2.98. The van der Waals surface area contributed by atoms with Crippen molar-refractivity contribution in [2.75, 3.05) is 59.8 Å². The molecule has 2 N–H and O–H groups in total. The Morgan fingerprint density at radius 3 is 1.87 bits per heavy atom. The van der Waals surface area contributed by atoms with Crippen LogP contribution in [0.25, 0.3) is 0 Å². The van der Waals surface area contributed by atoms with Gasteiger partial charge in [-0.15, -0.1) is 0 Å². The van der Waals surface area contributed by atoms with Crippen molar-refractivity contribution < 1.29 is 19.7 Å². The van der Waals surface area contributed by atoms with Crippen LogP contribution in [0.4, 0.5) is 0 Å². The maximum absolute atomic E-state index is 8.09. The van der Waals surface area contributed by atoms with Gasteiger partial charge in [0.2, 0.25) is 0 Å². The number of rotatable bonds is 4. The zero-order chi connectivity index (χ0) is 10.6. The fourth-order valence-electron chi connectivity index (χ4n) is 0.886. The summed E-state index contributed by atoms with van der Waals surface area (Å²) in [5, 5.41) is 16.2. The largest absolute Gasteiger partial charge is 0.394 e. The number of likely N-dealkylation sites (N-methyl/N-ethyl adjacent to an activating group) is 1. The molecule has 0 saturated carbocycles. The molecule has 94 valence electrons. The molecule has 0 amide bonds. The van der Waals surface area contributed by atoms with E-state index in [4.69, 9.17) is 14.9 Å². The van der Waals surface area contributed by atoms with Crippen molar-refractivity contribution in [3.8, 4) is 0 Å². The lowest BCUT2D eigenvalue weighted by Gasteiger charge is -2.21. The SMILES string of the molecule is C.CN1CCOCC1.OCCOCCO. The number of aliphatic hydroxyl groups excluding tert-OH is 2. The molecule has 1 saturated heterocycles. The molecule has 0 radical (unpaired) electrons. The van der Waals surface area contributed by atoms with Crippen molar-refractivity contribution in [3.05, 3.63) is 0 Å². The summed E-state index contributed by atoms with van der Waals surface area (Å²) in [5.74, 6) is 0. The van der Waals surface area contributed by atoms with Gasteiger partial charge in [-0.3, -0.25) is 0 Å². The first-order chi connectivity index (χ1) is 6.81. The van der Waals surface area contributed by atoms with Gasteiger partial charge in [0, 0.05) is 13.1 Å². The molecule has 0 aromatic heterocycles. The van der Waals surface area contributed by atoms with Crippen LogP contribution in [-0.4, -0.2) is 74.9 Å². The summed E-state index contributed by atoms with van der Waals surface area (Å²) >= 11 is 0. The Labute approximate surface area is 92.6 Å². The van der Waals surface area contributed by atoms with Crippen LogP contribution in [0.5, 0.6) is 0 Å². The van der Waals surface area contributed by atoms with E-state index < -0.39 is 0 Å². The molecule has 0 bridgehead atoms. The minimum atomic E-state index is 0. The minimum Gasteiger partial charge on any atom is -0.394 e. The first-order valence-corrected chi connectivity index (χ1v) is 4.87. The van der Waals surface area contributed by atoms with Gasteiger partial charge >= 0.3 is 0 Å². The molecule has 1 fully saturated rings. The van der Waals surface area contributed by atoms with Crippen molar-refractivity contribution in [2.45, 2.75) is 7.43 Å². The summed E-state index contributed by atoms with van der Waals surface area (Å²) in [5.41, 5.74) is 0. The number of hydrogen-bond acceptors (Lipinski definition) is 5.